The Morgan fingerprint density at radius 3 is 1.20 bits per heavy atom. The second kappa shape index (κ2) is 13.0. The number of aromatic nitrogens is 4. The van der Waals surface area contributed by atoms with Gasteiger partial charge in [0.05, 0.1) is 22.8 Å². The molecule has 0 unspecified atom stereocenters. The van der Waals surface area contributed by atoms with Gasteiger partial charge in [-0.25, -0.2) is 9.97 Å². The molecule has 0 amide bonds. The van der Waals surface area contributed by atoms with Crippen LogP contribution in [0.3, 0.4) is 0 Å². The monoisotopic (exact) mass is 788 g/mol. The molecule has 0 spiro atoms. The number of fused-ring (bicyclic) bond motifs is 8. The minimum absolute atomic E-state index is 0.687. The molecule has 244 valence electrons. The van der Waals surface area contributed by atoms with Gasteiger partial charge in [-0.1, -0.05) is 96.0 Å². The quantitative estimate of drug-likeness (QED) is 0.175. The molecule has 0 saturated heterocycles. The number of nitrogens with one attached hydrogen (secondary N) is 2. The SMILES string of the molecule is Cc1ccc(-c2c3nc(c(-c4ccccc4)c4ccc([nH]4)c(-c4ccc(Cl)cc4)c4nc(c(-c5ccc(I)cc5)c5ccc2[nH]5)C=C4)C=C3)cc1. The molecule has 0 fully saturated rings. The summed E-state index contributed by atoms with van der Waals surface area (Å²) in [6.45, 7) is 2.12. The Morgan fingerprint density at radius 2 is 0.784 bits per heavy atom. The van der Waals surface area contributed by atoms with Crippen LogP contribution in [0.25, 0.3) is 90.9 Å². The van der Waals surface area contributed by atoms with E-state index >= 15 is 0 Å². The van der Waals surface area contributed by atoms with Crippen molar-refractivity contribution in [3.05, 3.63) is 164 Å². The van der Waals surface area contributed by atoms with Gasteiger partial charge in [0.15, 0.2) is 0 Å². The molecule has 0 radical (unpaired) electrons. The van der Waals surface area contributed by atoms with Crippen molar-refractivity contribution in [2.45, 2.75) is 6.92 Å². The van der Waals surface area contributed by atoms with Crippen LogP contribution in [0.15, 0.2) is 127 Å². The van der Waals surface area contributed by atoms with Gasteiger partial charge in [-0.2, -0.15) is 0 Å². The van der Waals surface area contributed by atoms with Crippen LogP contribution in [0.2, 0.25) is 5.02 Å². The highest BCUT2D eigenvalue weighted by molar-refractivity contribution is 14.1. The van der Waals surface area contributed by atoms with E-state index in [0.29, 0.717) is 5.02 Å². The van der Waals surface area contributed by atoms with Gasteiger partial charge in [0.2, 0.25) is 0 Å². The summed E-state index contributed by atoms with van der Waals surface area (Å²) in [5.74, 6) is 0. The Kier molecular flexibility index (Phi) is 8.02. The molecule has 3 aromatic heterocycles. The summed E-state index contributed by atoms with van der Waals surface area (Å²) in [5, 5.41) is 0.687. The summed E-state index contributed by atoms with van der Waals surface area (Å²) < 4.78 is 1.18. The Balaban J connectivity index is 1.47. The van der Waals surface area contributed by atoms with Gasteiger partial charge < -0.3 is 9.97 Å². The number of benzene rings is 4. The molecule has 7 aromatic rings. The summed E-state index contributed by atoms with van der Waals surface area (Å²) in [4.78, 5) is 18.4. The molecule has 9 rings (SSSR count). The second-order valence-electron chi connectivity index (χ2n) is 12.7. The Morgan fingerprint density at radius 1 is 0.431 bits per heavy atom. The van der Waals surface area contributed by atoms with E-state index in [1.54, 1.807) is 0 Å². The fourth-order valence-electron chi connectivity index (χ4n) is 6.98. The van der Waals surface area contributed by atoms with Crippen molar-refractivity contribution in [1.82, 2.24) is 19.9 Å². The zero-order valence-electron chi connectivity index (χ0n) is 27.6. The highest BCUT2D eigenvalue weighted by Crippen LogP contribution is 2.38. The lowest BCUT2D eigenvalue weighted by Crippen LogP contribution is -1.90. The van der Waals surface area contributed by atoms with Crippen molar-refractivity contribution in [3.8, 4) is 44.5 Å². The molecule has 5 heterocycles. The number of aryl methyl sites for hydroxylation is 1. The van der Waals surface area contributed by atoms with E-state index < -0.39 is 0 Å². The molecular weight excluding hydrogens is 759 g/mol. The maximum Gasteiger partial charge on any atom is 0.0737 e. The molecule has 2 aliphatic rings. The van der Waals surface area contributed by atoms with Crippen LogP contribution in [0.1, 0.15) is 28.3 Å². The number of halogens is 2. The second-order valence-corrected chi connectivity index (χ2v) is 14.4. The number of aromatic amines is 2. The third-order valence-corrected chi connectivity index (χ3v) is 10.4. The first-order valence-corrected chi connectivity index (χ1v) is 18.2. The van der Waals surface area contributed by atoms with E-state index in [2.05, 4.69) is 173 Å². The summed E-state index contributed by atoms with van der Waals surface area (Å²) >= 11 is 8.74. The van der Waals surface area contributed by atoms with Crippen molar-refractivity contribution in [1.29, 1.82) is 0 Å². The predicted molar refractivity (Wildman–Crippen MR) is 223 cm³/mol. The molecule has 51 heavy (non-hydrogen) atoms. The van der Waals surface area contributed by atoms with Gasteiger partial charge in [0, 0.05) is 52.9 Å². The van der Waals surface area contributed by atoms with Crippen LogP contribution in [0, 0.1) is 10.5 Å². The van der Waals surface area contributed by atoms with E-state index in [-0.39, 0.29) is 0 Å². The van der Waals surface area contributed by atoms with E-state index in [1.807, 2.05) is 18.2 Å². The number of rotatable bonds is 4. The van der Waals surface area contributed by atoms with Crippen molar-refractivity contribution < 1.29 is 0 Å². The third-order valence-electron chi connectivity index (χ3n) is 9.42. The molecule has 4 nitrogen and oxygen atoms in total. The van der Waals surface area contributed by atoms with E-state index in [4.69, 9.17) is 21.6 Å². The van der Waals surface area contributed by atoms with Gasteiger partial charge in [-0.05, 0) is 125 Å². The normalized spacial score (nSPS) is 12.1. The third kappa shape index (κ3) is 5.92. The highest BCUT2D eigenvalue weighted by Gasteiger charge is 2.19. The lowest BCUT2D eigenvalue weighted by atomic mass is 10.0. The standard InChI is InChI=1S/C45H30ClIN4/c1-27-7-9-29(10-8-27)43-36-21-19-34(48-36)42(28-5-3-2-4-6-28)35-20-22-38(49-35)44(30-11-15-32(46)16-12-30)39-24-26-41(51-39)45(40-25-23-37(43)50-40)31-13-17-33(47)18-14-31/h2-26,49-50H,1H3. The van der Waals surface area contributed by atoms with Crippen LogP contribution in [0.5, 0.6) is 0 Å². The van der Waals surface area contributed by atoms with Crippen LogP contribution in [0.4, 0.5) is 0 Å². The molecule has 2 N–H and O–H groups in total. The molecule has 4 aromatic carbocycles. The summed E-state index contributed by atoms with van der Waals surface area (Å²) in [6.07, 6.45) is 8.50. The van der Waals surface area contributed by atoms with Crippen molar-refractivity contribution >= 4 is 80.6 Å². The number of hydrogen-bond donors (Lipinski definition) is 2. The maximum atomic E-state index is 6.38. The van der Waals surface area contributed by atoms with E-state index in [1.165, 1.54) is 9.13 Å². The summed E-state index contributed by atoms with van der Waals surface area (Å²) in [7, 11) is 0. The van der Waals surface area contributed by atoms with Crippen LogP contribution in [-0.4, -0.2) is 19.9 Å². The molecular formula is C45H30ClIN4. The summed E-state index contributed by atoms with van der Waals surface area (Å²) in [5.41, 5.74) is 17.0. The largest absolute Gasteiger partial charge is 0.354 e. The molecule has 0 aliphatic carbocycles. The van der Waals surface area contributed by atoms with Gasteiger partial charge in [0.1, 0.15) is 0 Å². The predicted octanol–water partition coefficient (Wildman–Crippen LogP) is 12.9. The molecule has 2 aliphatic heterocycles. The van der Waals surface area contributed by atoms with Crippen LogP contribution < -0.4 is 0 Å². The van der Waals surface area contributed by atoms with Crippen molar-refractivity contribution in [3.63, 3.8) is 0 Å². The lowest BCUT2D eigenvalue weighted by molar-refractivity contribution is 1.31. The zero-order valence-corrected chi connectivity index (χ0v) is 30.5. The summed E-state index contributed by atoms with van der Waals surface area (Å²) in [6, 6.07) is 44.3. The lowest BCUT2D eigenvalue weighted by Gasteiger charge is -2.07. The van der Waals surface area contributed by atoms with Gasteiger partial charge in [-0.3, -0.25) is 0 Å². The molecule has 6 heteroatoms. The Labute approximate surface area is 314 Å². The average molecular weight is 789 g/mol. The minimum atomic E-state index is 0.687. The minimum Gasteiger partial charge on any atom is -0.354 e. The molecule has 0 saturated carbocycles. The first-order chi connectivity index (χ1) is 25.0. The van der Waals surface area contributed by atoms with Gasteiger partial charge in [-0.15, -0.1) is 0 Å². The number of H-pyrrole nitrogens is 2. The smallest absolute Gasteiger partial charge is 0.0737 e. The first kappa shape index (κ1) is 31.5. The first-order valence-electron chi connectivity index (χ1n) is 16.8. The van der Waals surface area contributed by atoms with Gasteiger partial charge >= 0.3 is 0 Å². The average Bonchev–Trinajstić information content (AvgIpc) is 3.99. The maximum absolute atomic E-state index is 6.38. The Hall–Kier alpha value is -5.50. The van der Waals surface area contributed by atoms with E-state index in [0.717, 1.165) is 89.4 Å². The zero-order chi connectivity index (χ0) is 34.5. The topological polar surface area (TPSA) is 57.4 Å². The Bertz CT molecular complexity index is 2640. The fraction of sp³-hybridized carbons (Fsp3) is 0.0222. The van der Waals surface area contributed by atoms with Crippen LogP contribution >= 0.6 is 34.2 Å². The number of nitrogens with zero attached hydrogens (tertiary/aromatic N) is 2. The van der Waals surface area contributed by atoms with E-state index in [9.17, 15) is 0 Å². The molecule has 8 bridgehead atoms. The molecule has 0 atom stereocenters. The van der Waals surface area contributed by atoms with Gasteiger partial charge in [0.25, 0.3) is 0 Å². The van der Waals surface area contributed by atoms with Crippen molar-refractivity contribution in [2.24, 2.45) is 0 Å². The van der Waals surface area contributed by atoms with Crippen LogP contribution in [-0.2, 0) is 0 Å². The number of hydrogen-bond acceptors (Lipinski definition) is 2. The highest BCUT2D eigenvalue weighted by atomic mass is 127. The fourth-order valence-corrected chi connectivity index (χ4v) is 7.46. The van der Waals surface area contributed by atoms with Crippen molar-refractivity contribution in [2.75, 3.05) is 0 Å².